The fraction of sp³-hybridized carbons (Fsp3) is 0.588. The van der Waals surface area contributed by atoms with E-state index in [9.17, 15) is 9.90 Å². The molecule has 21 heavy (non-hydrogen) atoms. The highest BCUT2D eigenvalue weighted by atomic mass is 35.5. The van der Waals surface area contributed by atoms with Gasteiger partial charge in [0.25, 0.3) is 0 Å². The van der Waals surface area contributed by atoms with E-state index in [0.717, 1.165) is 18.0 Å². The third-order valence-electron chi connectivity index (χ3n) is 3.44. The van der Waals surface area contributed by atoms with Gasteiger partial charge in [0.1, 0.15) is 5.75 Å². The molecule has 118 valence electrons. The second-order valence-corrected chi connectivity index (χ2v) is 10.4. The second kappa shape index (κ2) is 7.46. The van der Waals surface area contributed by atoms with Gasteiger partial charge in [0.05, 0.1) is 14.4 Å². The molecule has 0 radical (unpaired) electrons. The predicted octanol–water partition coefficient (Wildman–Crippen LogP) is 3.88. The number of aromatic hydroxyl groups is 1. The monoisotopic (exact) mass is 326 g/mol. The minimum atomic E-state index is -1.23. The molecule has 1 N–H and O–H groups in total. The molecule has 0 unspecified atom stereocenters. The molecule has 0 spiro atoms. The number of phenolic OH excluding ortho intramolecular Hbond substituents is 1. The maximum Gasteiger partial charge on any atom is 0.166 e. The Balaban J connectivity index is 3.31. The molecule has 0 aromatic heterocycles. The molecular weight excluding hydrogens is 300 g/mol. The molecule has 2 nitrogen and oxygen atoms in total. The van der Waals surface area contributed by atoms with Crippen molar-refractivity contribution < 1.29 is 9.90 Å². The van der Waals surface area contributed by atoms with Gasteiger partial charge in [-0.15, -0.1) is 11.6 Å². The van der Waals surface area contributed by atoms with Crippen LogP contribution in [0.3, 0.4) is 0 Å². The van der Waals surface area contributed by atoms with Crippen LogP contribution in [0.5, 0.6) is 5.75 Å². The molecule has 0 atom stereocenters. The summed E-state index contributed by atoms with van der Waals surface area (Å²) in [5.41, 5.74) is 1.68. The van der Waals surface area contributed by atoms with Crippen molar-refractivity contribution in [3.63, 3.8) is 0 Å². The number of ketones is 1. The van der Waals surface area contributed by atoms with Gasteiger partial charge in [-0.25, -0.2) is 0 Å². The van der Waals surface area contributed by atoms with Gasteiger partial charge in [-0.2, -0.15) is 0 Å². The first kappa shape index (κ1) is 18.2. The Morgan fingerprint density at radius 1 is 1.29 bits per heavy atom. The third kappa shape index (κ3) is 5.15. The number of carbonyl (C=O) groups excluding carboxylic acids is 1. The maximum absolute atomic E-state index is 12.7. The van der Waals surface area contributed by atoms with E-state index in [1.165, 1.54) is 5.56 Å². The van der Waals surface area contributed by atoms with Crippen LogP contribution in [-0.4, -0.2) is 25.6 Å². The third-order valence-corrected chi connectivity index (χ3v) is 5.52. The summed E-state index contributed by atoms with van der Waals surface area (Å²) in [4.78, 5) is 12.7. The van der Waals surface area contributed by atoms with Gasteiger partial charge < -0.3 is 5.11 Å². The highest BCUT2D eigenvalue weighted by Crippen LogP contribution is 2.26. The molecule has 1 aromatic rings. The van der Waals surface area contributed by atoms with Crippen LogP contribution in [0.1, 0.15) is 49.5 Å². The van der Waals surface area contributed by atoms with E-state index in [-0.39, 0.29) is 16.9 Å². The van der Waals surface area contributed by atoms with Gasteiger partial charge >= 0.3 is 0 Å². The number of Topliss-reactive ketones (excluding diaryl/α,β-unsaturated/α-hetero) is 1. The van der Waals surface area contributed by atoms with Crippen molar-refractivity contribution in [2.75, 3.05) is 5.88 Å². The highest BCUT2D eigenvalue weighted by molar-refractivity contribution is 6.72. The Morgan fingerprint density at radius 3 is 2.38 bits per heavy atom. The van der Waals surface area contributed by atoms with Gasteiger partial charge in [-0.1, -0.05) is 39.9 Å². The van der Waals surface area contributed by atoms with Crippen LogP contribution in [0.25, 0.3) is 0 Å². The highest BCUT2D eigenvalue weighted by Gasteiger charge is 2.25. The van der Waals surface area contributed by atoms with Crippen LogP contribution in [0.2, 0.25) is 13.1 Å². The average molecular weight is 327 g/mol. The summed E-state index contributed by atoms with van der Waals surface area (Å²) in [5, 5.41) is 11.4. The molecule has 0 aliphatic heterocycles. The van der Waals surface area contributed by atoms with Crippen LogP contribution in [0.15, 0.2) is 12.1 Å². The van der Waals surface area contributed by atoms with Gasteiger partial charge in [-0.3, -0.25) is 4.79 Å². The summed E-state index contributed by atoms with van der Waals surface area (Å²) in [6.07, 6.45) is 2.22. The van der Waals surface area contributed by atoms with E-state index >= 15 is 0 Å². The lowest BCUT2D eigenvalue weighted by Gasteiger charge is -2.22. The topological polar surface area (TPSA) is 37.3 Å². The number of aryl methyl sites for hydroxylation is 1. The van der Waals surface area contributed by atoms with E-state index < -0.39 is 8.80 Å². The Hall–Kier alpha value is -0.803. The zero-order valence-corrected chi connectivity index (χ0v) is 15.7. The van der Waals surface area contributed by atoms with Crippen molar-refractivity contribution >= 4 is 31.4 Å². The van der Waals surface area contributed by atoms with Gasteiger partial charge in [0.15, 0.2) is 5.78 Å². The first-order chi connectivity index (χ1) is 9.67. The van der Waals surface area contributed by atoms with E-state index in [2.05, 4.69) is 13.1 Å². The van der Waals surface area contributed by atoms with Crippen molar-refractivity contribution in [1.29, 1.82) is 0 Å². The molecule has 0 amide bonds. The minimum absolute atomic E-state index is 0.0592. The molecule has 0 bridgehead atoms. The Bertz CT molecular complexity index is 504. The van der Waals surface area contributed by atoms with Crippen molar-refractivity contribution in [1.82, 2.24) is 0 Å². The van der Waals surface area contributed by atoms with Gasteiger partial charge in [0.2, 0.25) is 0 Å². The first-order valence-electron chi connectivity index (χ1n) is 7.61. The largest absolute Gasteiger partial charge is 0.507 e. The average Bonchev–Trinajstić information content (AvgIpc) is 2.34. The molecule has 0 aliphatic carbocycles. The summed E-state index contributed by atoms with van der Waals surface area (Å²) < 4.78 is 0. The SMILES string of the molecule is C[SiH](C)c1c(CCCCl)ccc(O)c1C(=O)CC(C)(C)C. The van der Waals surface area contributed by atoms with E-state index in [4.69, 9.17) is 11.6 Å². The Kier molecular flexibility index (Phi) is 6.48. The molecule has 0 heterocycles. The fourth-order valence-electron chi connectivity index (χ4n) is 2.65. The number of halogens is 1. The lowest BCUT2D eigenvalue weighted by atomic mass is 9.87. The maximum atomic E-state index is 12.7. The zero-order valence-electron chi connectivity index (χ0n) is 13.8. The first-order valence-corrected chi connectivity index (χ1v) is 11.0. The number of hydrogen-bond acceptors (Lipinski definition) is 2. The fourth-order valence-corrected chi connectivity index (χ4v) is 4.65. The predicted molar refractivity (Wildman–Crippen MR) is 94.1 cm³/mol. The summed E-state index contributed by atoms with van der Waals surface area (Å²) in [6.45, 7) is 10.5. The van der Waals surface area contributed by atoms with Crippen LogP contribution in [0.4, 0.5) is 0 Å². The Morgan fingerprint density at radius 2 is 1.90 bits per heavy atom. The molecule has 0 aliphatic rings. The van der Waals surface area contributed by atoms with E-state index in [1.54, 1.807) is 6.07 Å². The Labute approximate surface area is 135 Å². The standard InChI is InChI=1S/C17H27ClO2Si/c1-17(2,3)11-14(20)15-13(19)9-8-12(7-6-10-18)16(15)21(4)5/h8-9,19,21H,6-7,10-11H2,1-5H3. The number of rotatable bonds is 6. The van der Waals surface area contributed by atoms with Crippen LogP contribution >= 0.6 is 11.6 Å². The van der Waals surface area contributed by atoms with Crippen LogP contribution < -0.4 is 5.19 Å². The summed E-state index contributed by atoms with van der Waals surface area (Å²) in [7, 11) is -1.23. The normalized spacial score (nSPS) is 12.0. The zero-order chi connectivity index (χ0) is 16.2. The van der Waals surface area contributed by atoms with Crippen molar-refractivity contribution in [2.45, 2.75) is 53.1 Å². The molecule has 4 heteroatoms. The summed E-state index contributed by atoms with van der Waals surface area (Å²) in [5.74, 6) is 0.810. The number of hydrogen-bond donors (Lipinski definition) is 1. The molecule has 0 saturated heterocycles. The summed E-state index contributed by atoms with van der Waals surface area (Å²) in [6, 6.07) is 3.62. The lowest BCUT2D eigenvalue weighted by Crippen LogP contribution is -2.34. The van der Waals surface area contributed by atoms with Crippen molar-refractivity contribution in [2.24, 2.45) is 5.41 Å². The van der Waals surface area contributed by atoms with E-state index in [0.29, 0.717) is 17.9 Å². The second-order valence-electron chi connectivity index (χ2n) is 7.14. The number of phenols is 1. The minimum Gasteiger partial charge on any atom is -0.507 e. The number of carbonyl (C=O) groups is 1. The lowest BCUT2D eigenvalue weighted by molar-refractivity contribution is 0.0938. The van der Waals surface area contributed by atoms with Gasteiger partial charge in [-0.05, 0) is 35.1 Å². The molecule has 1 rings (SSSR count). The molecule has 0 fully saturated rings. The summed E-state index contributed by atoms with van der Waals surface area (Å²) >= 11 is 5.80. The van der Waals surface area contributed by atoms with Crippen molar-refractivity contribution in [3.05, 3.63) is 23.3 Å². The molecular formula is C17H27ClO2Si. The molecule has 1 aromatic carbocycles. The smallest absolute Gasteiger partial charge is 0.166 e. The van der Waals surface area contributed by atoms with Crippen LogP contribution in [0, 0.1) is 5.41 Å². The van der Waals surface area contributed by atoms with Crippen molar-refractivity contribution in [3.8, 4) is 5.75 Å². The number of benzene rings is 1. The molecule has 0 saturated carbocycles. The quantitative estimate of drug-likeness (QED) is 0.489. The van der Waals surface area contributed by atoms with Gasteiger partial charge in [0, 0.05) is 12.3 Å². The van der Waals surface area contributed by atoms with Crippen LogP contribution in [-0.2, 0) is 6.42 Å². The van der Waals surface area contributed by atoms with E-state index in [1.807, 2.05) is 26.8 Å². The number of alkyl halides is 1.